The van der Waals surface area contributed by atoms with Gasteiger partial charge in [0.05, 0.1) is 27.1 Å². The lowest BCUT2D eigenvalue weighted by molar-refractivity contribution is 0.647. The Kier molecular flexibility index (Phi) is 6.32. The van der Waals surface area contributed by atoms with Gasteiger partial charge in [-0.2, -0.15) is 9.97 Å². The third-order valence-corrected chi connectivity index (χ3v) is 11.5. The average molecular weight is 662 g/mol. The maximum Gasteiger partial charge on any atom is 0.238 e. The Labute approximate surface area is 293 Å². The minimum absolute atomic E-state index is 0.210. The number of aromatic nitrogens is 4. The molecule has 1 aliphatic rings. The molecule has 0 spiro atoms. The molecule has 3 aromatic heterocycles. The van der Waals surface area contributed by atoms with Gasteiger partial charge < -0.3 is 4.90 Å². The first kappa shape index (κ1) is 28.9. The first-order valence-corrected chi connectivity index (χ1v) is 17.7. The van der Waals surface area contributed by atoms with Crippen molar-refractivity contribution < 1.29 is 0 Å². The van der Waals surface area contributed by atoms with Gasteiger partial charge in [-0.15, -0.1) is 11.3 Å². The summed E-state index contributed by atoms with van der Waals surface area (Å²) < 4.78 is 3.48. The molecule has 5 nitrogen and oxygen atoms in total. The van der Waals surface area contributed by atoms with Crippen molar-refractivity contribution in [2.75, 3.05) is 4.90 Å². The van der Waals surface area contributed by atoms with Crippen LogP contribution in [-0.4, -0.2) is 19.5 Å². The minimum Gasteiger partial charge on any atom is -0.308 e. The van der Waals surface area contributed by atoms with Gasteiger partial charge in [0.15, 0.2) is 11.6 Å². The van der Waals surface area contributed by atoms with E-state index in [0.29, 0.717) is 17.6 Å². The summed E-state index contributed by atoms with van der Waals surface area (Å²) in [6.45, 7) is 4.72. The number of anilines is 3. The zero-order valence-electron chi connectivity index (χ0n) is 27.6. The van der Waals surface area contributed by atoms with Crippen LogP contribution < -0.4 is 4.90 Å². The molecular formula is C44H31N5S. The lowest BCUT2D eigenvalue weighted by Crippen LogP contribution is -2.29. The zero-order valence-corrected chi connectivity index (χ0v) is 28.4. The van der Waals surface area contributed by atoms with Crippen molar-refractivity contribution in [1.82, 2.24) is 19.5 Å². The van der Waals surface area contributed by atoms with E-state index in [2.05, 4.69) is 139 Å². The number of benzene rings is 6. The maximum absolute atomic E-state index is 5.22. The van der Waals surface area contributed by atoms with Gasteiger partial charge >= 0.3 is 0 Å². The van der Waals surface area contributed by atoms with Gasteiger partial charge in [0.2, 0.25) is 5.95 Å². The minimum atomic E-state index is -0.210. The fourth-order valence-corrected chi connectivity index (χ4v) is 9.07. The van der Waals surface area contributed by atoms with Gasteiger partial charge in [-0.25, -0.2) is 4.98 Å². The molecule has 0 N–H and O–H groups in total. The molecule has 0 amide bonds. The summed E-state index contributed by atoms with van der Waals surface area (Å²) in [5.41, 5.74) is 8.78. The monoisotopic (exact) mass is 661 g/mol. The quantitative estimate of drug-likeness (QED) is 0.188. The van der Waals surface area contributed by atoms with Crippen molar-refractivity contribution in [2.24, 2.45) is 0 Å². The van der Waals surface area contributed by atoms with E-state index in [-0.39, 0.29) is 5.41 Å². The number of rotatable bonds is 4. The summed E-state index contributed by atoms with van der Waals surface area (Å²) in [4.78, 5) is 19.2. The highest BCUT2D eigenvalue weighted by Gasteiger charge is 2.40. The number of fused-ring (bicyclic) bond motifs is 8. The number of hydrogen-bond acceptors (Lipinski definition) is 5. The summed E-state index contributed by atoms with van der Waals surface area (Å²) in [7, 11) is 0. The van der Waals surface area contributed by atoms with Crippen molar-refractivity contribution in [3.05, 3.63) is 162 Å². The Bertz CT molecular complexity index is 2670. The van der Waals surface area contributed by atoms with Gasteiger partial charge in [0.25, 0.3) is 0 Å². The fraction of sp³-hybridized carbons (Fsp3) is 0.0682. The molecular weight excluding hydrogens is 631 g/mol. The SMILES string of the molecule is CC1(C)c2ccccc2N(c2ccccc2)c2c1sc1c2ccc2c3ccccc3n(-c3nc(-c4ccccc4)nc(-c4ccccc4)n3)c21. The largest absolute Gasteiger partial charge is 0.308 e. The summed E-state index contributed by atoms with van der Waals surface area (Å²) >= 11 is 1.89. The topological polar surface area (TPSA) is 46.8 Å². The van der Waals surface area contributed by atoms with Gasteiger partial charge in [0, 0.05) is 43.3 Å². The molecule has 0 unspecified atom stereocenters. The molecule has 0 radical (unpaired) electrons. The van der Waals surface area contributed by atoms with Crippen LogP contribution in [0.15, 0.2) is 152 Å². The van der Waals surface area contributed by atoms with E-state index in [1.807, 2.05) is 47.7 Å². The molecule has 0 saturated heterocycles. The van der Waals surface area contributed by atoms with Gasteiger partial charge in [0.1, 0.15) is 0 Å². The predicted octanol–water partition coefficient (Wildman–Crippen LogP) is 11.6. The molecule has 6 heteroatoms. The van der Waals surface area contributed by atoms with Crippen molar-refractivity contribution in [3.8, 4) is 28.7 Å². The maximum atomic E-state index is 5.22. The second kappa shape index (κ2) is 11.0. The first-order chi connectivity index (χ1) is 24.6. The summed E-state index contributed by atoms with van der Waals surface area (Å²) in [5, 5.41) is 3.56. The van der Waals surface area contributed by atoms with Gasteiger partial charge in [-0.1, -0.05) is 141 Å². The third kappa shape index (κ3) is 4.22. The Morgan fingerprint density at radius 1 is 0.540 bits per heavy atom. The normalized spacial score (nSPS) is 13.5. The van der Waals surface area contributed by atoms with E-state index in [9.17, 15) is 0 Å². The van der Waals surface area contributed by atoms with E-state index in [1.165, 1.54) is 42.7 Å². The number of hydrogen-bond donors (Lipinski definition) is 0. The van der Waals surface area contributed by atoms with Crippen LogP contribution in [0.4, 0.5) is 17.1 Å². The second-order valence-corrected chi connectivity index (χ2v) is 14.3. The fourth-order valence-electron chi connectivity index (χ4n) is 7.63. The van der Waals surface area contributed by atoms with Crippen molar-refractivity contribution in [2.45, 2.75) is 19.3 Å². The summed E-state index contributed by atoms with van der Waals surface area (Å²) in [6, 6.07) is 53.2. The highest BCUT2D eigenvalue weighted by molar-refractivity contribution is 7.21. The molecule has 0 fully saturated rings. The molecule has 50 heavy (non-hydrogen) atoms. The smallest absolute Gasteiger partial charge is 0.238 e. The second-order valence-electron chi connectivity index (χ2n) is 13.3. The van der Waals surface area contributed by atoms with Crippen LogP contribution in [0, 0.1) is 0 Å². The molecule has 0 atom stereocenters. The van der Waals surface area contributed by atoms with Crippen molar-refractivity contribution in [1.29, 1.82) is 0 Å². The van der Waals surface area contributed by atoms with E-state index < -0.39 is 0 Å². The zero-order chi connectivity index (χ0) is 33.4. The summed E-state index contributed by atoms with van der Waals surface area (Å²) in [5.74, 6) is 1.89. The molecule has 0 aliphatic carbocycles. The molecule has 4 heterocycles. The Hall–Kier alpha value is -6.11. The van der Waals surface area contributed by atoms with Crippen molar-refractivity contribution in [3.63, 3.8) is 0 Å². The van der Waals surface area contributed by atoms with Crippen molar-refractivity contribution >= 4 is 60.3 Å². The van der Waals surface area contributed by atoms with Crippen LogP contribution >= 0.6 is 11.3 Å². The van der Waals surface area contributed by atoms with Gasteiger partial charge in [-0.3, -0.25) is 4.57 Å². The number of para-hydroxylation sites is 3. The average Bonchev–Trinajstić information content (AvgIpc) is 3.73. The highest BCUT2D eigenvalue weighted by atomic mass is 32.1. The molecule has 10 rings (SSSR count). The van der Waals surface area contributed by atoms with Crippen LogP contribution in [-0.2, 0) is 5.41 Å². The lowest BCUT2D eigenvalue weighted by Gasteiger charge is -2.40. The molecule has 0 bridgehead atoms. The summed E-state index contributed by atoms with van der Waals surface area (Å²) in [6.07, 6.45) is 0. The Morgan fingerprint density at radius 3 is 1.82 bits per heavy atom. The van der Waals surface area contributed by atoms with E-state index in [4.69, 9.17) is 15.0 Å². The highest BCUT2D eigenvalue weighted by Crippen LogP contribution is 2.58. The molecule has 1 aliphatic heterocycles. The Balaban J connectivity index is 1.33. The first-order valence-electron chi connectivity index (χ1n) is 16.9. The molecule has 9 aromatic rings. The molecule has 238 valence electrons. The van der Waals surface area contributed by atoms with Gasteiger partial charge in [-0.05, 0) is 29.8 Å². The van der Waals surface area contributed by atoms with E-state index >= 15 is 0 Å². The van der Waals surface area contributed by atoms with Crippen LogP contribution in [0.2, 0.25) is 0 Å². The predicted molar refractivity (Wildman–Crippen MR) is 207 cm³/mol. The molecule has 6 aromatic carbocycles. The van der Waals surface area contributed by atoms with E-state index in [1.54, 1.807) is 0 Å². The van der Waals surface area contributed by atoms with Crippen LogP contribution in [0.5, 0.6) is 0 Å². The molecule has 0 saturated carbocycles. The van der Waals surface area contributed by atoms with Crippen LogP contribution in [0.25, 0.3) is 60.6 Å². The number of thiophene rings is 1. The van der Waals surface area contributed by atoms with Crippen LogP contribution in [0.3, 0.4) is 0 Å². The third-order valence-electron chi connectivity index (χ3n) is 9.98. The van der Waals surface area contributed by atoms with Crippen LogP contribution in [0.1, 0.15) is 24.3 Å². The lowest BCUT2D eigenvalue weighted by atomic mass is 9.78. The number of nitrogens with zero attached hydrogens (tertiary/aromatic N) is 5. The van der Waals surface area contributed by atoms with E-state index in [0.717, 1.165) is 27.8 Å². The standard InChI is InChI=1S/C44H31N5S/c1-44(2)34-23-13-15-25-36(34)48(30-20-10-5-11-21-30)38-33-27-26-32-31-22-12-14-24-35(31)49(37(32)39(33)50-40(38)44)43-46-41(28-16-6-3-7-17-28)45-42(47-43)29-18-8-4-9-19-29/h3-27H,1-2H3. The Morgan fingerprint density at radius 2 is 1.12 bits per heavy atom.